The Morgan fingerprint density at radius 3 is 2.41 bits per heavy atom. The van der Waals surface area contributed by atoms with E-state index in [-0.39, 0.29) is 0 Å². The smallest absolute Gasteiger partial charge is 0.229 e. The van der Waals surface area contributed by atoms with Crippen LogP contribution in [0.15, 0.2) is 41.5 Å². The highest BCUT2D eigenvalue weighted by Crippen LogP contribution is 2.35. The molecule has 0 amide bonds. The van der Waals surface area contributed by atoms with Crippen LogP contribution in [0.5, 0.6) is 0 Å². The van der Waals surface area contributed by atoms with E-state index in [1.54, 1.807) is 25.2 Å². The first-order chi connectivity index (χ1) is 15.5. The van der Waals surface area contributed by atoms with Gasteiger partial charge in [-0.2, -0.15) is 9.97 Å². The number of nitrogens with one attached hydrogen (secondary N) is 1. The summed E-state index contributed by atoms with van der Waals surface area (Å²) in [6.07, 6.45) is 6.52. The Hall–Kier alpha value is -2.77. The molecule has 5 rings (SSSR count). The van der Waals surface area contributed by atoms with Gasteiger partial charge in [0.25, 0.3) is 0 Å². The molecule has 4 aromatic rings. The lowest BCUT2D eigenvalue weighted by Crippen LogP contribution is -2.26. The van der Waals surface area contributed by atoms with Crippen LogP contribution in [0.4, 0.5) is 17.5 Å². The van der Waals surface area contributed by atoms with Gasteiger partial charge in [0.2, 0.25) is 5.95 Å². The first-order valence-electron chi connectivity index (χ1n) is 10.8. The molecular weight excluding hydrogens is 441 g/mol. The molecule has 3 aromatic heterocycles. The lowest BCUT2D eigenvalue weighted by Gasteiger charge is -2.21. The monoisotopic (exact) mass is 467 g/mol. The number of thiazole rings is 1. The highest BCUT2D eigenvalue weighted by Gasteiger charge is 2.20. The largest absolute Gasteiger partial charge is 0.341 e. The van der Waals surface area contributed by atoms with E-state index < -0.39 is 7.14 Å². The summed E-state index contributed by atoms with van der Waals surface area (Å²) in [7, 11) is -2.30. The van der Waals surface area contributed by atoms with Crippen LogP contribution in [-0.4, -0.2) is 50.9 Å². The predicted molar refractivity (Wildman–Crippen MR) is 132 cm³/mol. The van der Waals surface area contributed by atoms with Crippen molar-refractivity contribution in [3.8, 4) is 5.82 Å². The van der Waals surface area contributed by atoms with E-state index in [4.69, 9.17) is 9.97 Å². The second kappa shape index (κ2) is 8.64. The molecule has 1 saturated heterocycles. The second-order valence-electron chi connectivity index (χ2n) is 8.43. The third kappa shape index (κ3) is 4.27. The van der Waals surface area contributed by atoms with Crippen LogP contribution in [0, 0.1) is 0 Å². The lowest BCUT2D eigenvalue weighted by atomic mass is 10.2. The van der Waals surface area contributed by atoms with E-state index in [0.29, 0.717) is 17.3 Å². The van der Waals surface area contributed by atoms with E-state index in [0.717, 1.165) is 48.4 Å². The summed E-state index contributed by atoms with van der Waals surface area (Å²) in [4.78, 5) is 21.1. The molecular formula is C22H26N7OPS. The number of fused-ring (bicyclic) bond motifs is 1. The van der Waals surface area contributed by atoms with E-state index >= 15 is 0 Å². The number of nitrogens with zero attached hydrogens (tertiary/aromatic N) is 6. The third-order valence-corrected chi connectivity index (χ3v) is 7.81. The van der Waals surface area contributed by atoms with Gasteiger partial charge in [-0.25, -0.2) is 9.97 Å². The molecule has 1 aliphatic rings. The van der Waals surface area contributed by atoms with Gasteiger partial charge in [-0.1, -0.05) is 12.8 Å². The average molecular weight is 468 g/mol. The van der Waals surface area contributed by atoms with Crippen LogP contribution < -0.4 is 15.5 Å². The van der Waals surface area contributed by atoms with E-state index in [1.807, 2.05) is 34.2 Å². The topological polar surface area (TPSA) is 88.8 Å². The number of hydrogen-bond acceptors (Lipinski definition) is 8. The zero-order valence-corrected chi connectivity index (χ0v) is 19.9. The molecule has 1 aromatic carbocycles. The Morgan fingerprint density at radius 2 is 1.75 bits per heavy atom. The molecule has 4 heterocycles. The van der Waals surface area contributed by atoms with Crippen molar-refractivity contribution in [2.24, 2.45) is 0 Å². The van der Waals surface area contributed by atoms with Gasteiger partial charge in [-0.3, -0.25) is 4.57 Å². The van der Waals surface area contributed by atoms with E-state index in [9.17, 15) is 4.57 Å². The number of aromatic nitrogens is 5. The standard InChI is InChI=1S/C22H26N7OPS/c1-31(2,30)17-9-7-16(8-10-17)25-20-19-21(29(14-23-19)18-13-32-15-24-18)27-22(26-20)28-11-5-3-4-6-12-28/h7-10,13-15H,3-6,11-12H2,1-2H3,(H,25,26,27). The van der Waals surface area contributed by atoms with Crippen molar-refractivity contribution >= 4 is 52.4 Å². The number of rotatable bonds is 5. The minimum Gasteiger partial charge on any atom is -0.341 e. The average Bonchev–Trinajstić information content (AvgIpc) is 3.37. The molecule has 10 heteroatoms. The van der Waals surface area contributed by atoms with Crippen molar-refractivity contribution < 1.29 is 4.57 Å². The fourth-order valence-electron chi connectivity index (χ4n) is 3.92. The Kier molecular flexibility index (Phi) is 5.69. The first kappa shape index (κ1) is 21.1. The number of hydrogen-bond donors (Lipinski definition) is 1. The maximum atomic E-state index is 12.4. The minimum absolute atomic E-state index is 0.659. The van der Waals surface area contributed by atoms with Crippen LogP contribution in [0.2, 0.25) is 0 Å². The summed E-state index contributed by atoms with van der Waals surface area (Å²) in [6, 6.07) is 7.69. The highest BCUT2D eigenvalue weighted by molar-refractivity contribution is 7.70. The van der Waals surface area contributed by atoms with Gasteiger partial charge in [0.1, 0.15) is 13.5 Å². The van der Waals surface area contributed by atoms with Gasteiger partial charge >= 0.3 is 0 Å². The molecule has 0 atom stereocenters. The second-order valence-corrected chi connectivity index (χ2v) is 12.4. The summed E-state index contributed by atoms with van der Waals surface area (Å²) in [5, 5.41) is 6.25. The molecule has 8 nitrogen and oxygen atoms in total. The van der Waals surface area contributed by atoms with Gasteiger partial charge < -0.3 is 14.8 Å². The van der Waals surface area contributed by atoms with Crippen molar-refractivity contribution in [1.29, 1.82) is 0 Å². The normalized spacial score (nSPS) is 15.1. The van der Waals surface area contributed by atoms with Crippen molar-refractivity contribution in [1.82, 2.24) is 24.5 Å². The van der Waals surface area contributed by atoms with Crippen LogP contribution in [0.1, 0.15) is 25.7 Å². The molecule has 166 valence electrons. The van der Waals surface area contributed by atoms with E-state index in [2.05, 4.69) is 20.2 Å². The number of benzene rings is 1. The molecule has 0 unspecified atom stereocenters. The maximum Gasteiger partial charge on any atom is 0.229 e. The van der Waals surface area contributed by atoms with Gasteiger partial charge in [0.15, 0.2) is 22.8 Å². The predicted octanol–water partition coefficient (Wildman–Crippen LogP) is 4.64. The maximum absolute atomic E-state index is 12.4. The molecule has 1 fully saturated rings. The molecule has 0 spiro atoms. The third-order valence-electron chi connectivity index (χ3n) is 5.69. The van der Waals surface area contributed by atoms with Gasteiger partial charge in [-0.15, -0.1) is 11.3 Å². The van der Waals surface area contributed by atoms with Crippen LogP contribution in [0.3, 0.4) is 0 Å². The van der Waals surface area contributed by atoms with Crippen molar-refractivity contribution in [2.45, 2.75) is 25.7 Å². The molecule has 1 aliphatic heterocycles. The van der Waals surface area contributed by atoms with Gasteiger partial charge in [0.05, 0.1) is 5.51 Å². The SMILES string of the molecule is CP(C)(=O)c1ccc(Nc2nc(N3CCCCCC3)nc3c2ncn3-c2cscn2)cc1. The fraction of sp³-hybridized carbons (Fsp3) is 0.364. The van der Waals surface area contributed by atoms with Crippen molar-refractivity contribution in [2.75, 3.05) is 36.6 Å². The zero-order chi connectivity index (χ0) is 22.1. The Balaban J connectivity index is 1.58. The summed E-state index contributed by atoms with van der Waals surface area (Å²) in [6.45, 7) is 5.46. The van der Waals surface area contributed by atoms with Crippen LogP contribution in [-0.2, 0) is 4.57 Å². The van der Waals surface area contributed by atoms with Gasteiger partial charge in [0, 0.05) is 29.5 Å². The number of imidazole rings is 1. The van der Waals surface area contributed by atoms with Gasteiger partial charge in [-0.05, 0) is 50.4 Å². The number of anilines is 3. The highest BCUT2D eigenvalue weighted by atomic mass is 32.1. The Labute approximate surface area is 191 Å². The lowest BCUT2D eigenvalue weighted by molar-refractivity contribution is 0.588. The van der Waals surface area contributed by atoms with Crippen molar-refractivity contribution in [3.05, 3.63) is 41.5 Å². The van der Waals surface area contributed by atoms with Crippen LogP contribution in [0.25, 0.3) is 17.0 Å². The molecule has 0 radical (unpaired) electrons. The molecule has 0 bridgehead atoms. The van der Waals surface area contributed by atoms with Crippen molar-refractivity contribution in [3.63, 3.8) is 0 Å². The molecule has 1 N–H and O–H groups in total. The summed E-state index contributed by atoms with van der Waals surface area (Å²) in [5.41, 5.74) is 4.10. The summed E-state index contributed by atoms with van der Waals surface area (Å²) in [5.74, 6) is 2.17. The van der Waals surface area contributed by atoms with Crippen LogP contribution >= 0.6 is 18.5 Å². The quantitative estimate of drug-likeness (QED) is 0.428. The molecule has 0 saturated carbocycles. The Morgan fingerprint density at radius 1 is 1.00 bits per heavy atom. The summed E-state index contributed by atoms with van der Waals surface area (Å²) >= 11 is 1.54. The summed E-state index contributed by atoms with van der Waals surface area (Å²) < 4.78 is 14.3. The first-order valence-corrected chi connectivity index (χ1v) is 14.3. The minimum atomic E-state index is -2.30. The molecule has 32 heavy (non-hydrogen) atoms. The Bertz CT molecular complexity index is 1260. The van der Waals surface area contributed by atoms with E-state index in [1.165, 1.54) is 24.2 Å². The fourth-order valence-corrected chi connectivity index (χ4v) is 5.31. The zero-order valence-electron chi connectivity index (χ0n) is 18.2. The molecule has 0 aliphatic carbocycles.